The molecule has 4 nitrogen and oxygen atoms in total. The van der Waals surface area contributed by atoms with Gasteiger partial charge in [-0.25, -0.2) is 0 Å². The molecule has 0 saturated carbocycles. The monoisotopic (exact) mass is 310 g/mol. The van der Waals surface area contributed by atoms with Crippen LogP contribution in [0.4, 0.5) is 0 Å². The zero-order valence-electron chi connectivity index (χ0n) is 10.6. The number of carbonyl (C=O) groups is 1. The summed E-state index contributed by atoms with van der Waals surface area (Å²) < 4.78 is 16.0. The first-order valence-corrected chi connectivity index (χ1v) is 7.21. The molecule has 0 bridgehead atoms. The number of carbonyl (C=O) groups excluding carboxylic acids is 1. The number of thiophene rings is 1. The molecule has 2 heterocycles. The molecule has 0 N–H and O–H groups in total. The van der Waals surface area contributed by atoms with E-state index in [2.05, 4.69) is 0 Å². The van der Waals surface area contributed by atoms with Crippen LogP contribution in [0.1, 0.15) is 15.2 Å². The lowest BCUT2D eigenvalue weighted by Gasteiger charge is -2.19. The molecule has 20 heavy (non-hydrogen) atoms. The van der Waals surface area contributed by atoms with Crippen molar-refractivity contribution < 1.29 is 19.0 Å². The Morgan fingerprint density at radius 3 is 2.60 bits per heavy atom. The minimum absolute atomic E-state index is 0.153. The molecule has 104 valence electrons. The van der Waals surface area contributed by atoms with Gasteiger partial charge in [0, 0.05) is 23.1 Å². The van der Waals surface area contributed by atoms with Crippen LogP contribution < -0.4 is 14.2 Å². The van der Waals surface area contributed by atoms with Gasteiger partial charge in [0.15, 0.2) is 11.5 Å². The molecule has 0 unspecified atom stereocenters. The van der Waals surface area contributed by atoms with Crippen molar-refractivity contribution >= 4 is 28.7 Å². The van der Waals surface area contributed by atoms with Gasteiger partial charge >= 0.3 is 0 Å². The van der Waals surface area contributed by atoms with Crippen molar-refractivity contribution in [1.29, 1.82) is 0 Å². The molecule has 1 aliphatic heterocycles. The van der Waals surface area contributed by atoms with Gasteiger partial charge < -0.3 is 14.2 Å². The van der Waals surface area contributed by atoms with E-state index in [1.54, 1.807) is 30.7 Å². The van der Waals surface area contributed by atoms with Crippen LogP contribution in [0.2, 0.25) is 5.02 Å². The van der Waals surface area contributed by atoms with Crippen LogP contribution in [-0.2, 0) is 0 Å². The topological polar surface area (TPSA) is 44.8 Å². The third-order valence-electron chi connectivity index (χ3n) is 2.91. The Bertz CT molecular complexity index is 665. The molecule has 1 aromatic heterocycles. The molecule has 6 heteroatoms. The summed E-state index contributed by atoms with van der Waals surface area (Å²) in [6.45, 7) is 0.952. The van der Waals surface area contributed by atoms with Crippen molar-refractivity contribution in [3.8, 4) is 17.2 Å². The zero-order chi connectivity index (χ0) is 14.1. The lowest BCUT2D eigenvalue weighted by atomic mass is 10.1. The first-order valence-electron chi connectivity index (χ1n) is 5.95. The van der Waals surface area contributed by atoms with E-state index in [-0.39, 0.29) is 5.78 Å². The zero-order valence-corrected chi connectivity index (χ0v) is 12.2. The van der Waals surface area contributed by atoms with Crippen molar-refractivity contribution in [3.63, 3.8) is 0 Å². The van der Waals surface area contributed by atoms with Gasteiger partial charge in [0.1, 0.15) is 19.0 Å². The first kappa shape index (κ1) is 13.3. The average molecular weight is 311 g/mol. The second-order valence-electron chi connectivity index (χ2n) is 4.16. The Hall–Kier alpha value is -1.72. The normalized spacial score (nSPS) is 13.1. The molecule has 1 aliphatic rings. The molecule has 0 amide bonds. The van der Waals surface area contributed by atoms with Crippen LogP contribution in [-0.4, -0.2) is 26.1 Å². The largest absolute Gasteiger partial charge is 0.496 e. The summed E-state index contributed by atoms with van der Waals surface area (Å²) in [6.07, 6.45) is 0. The maximum Gasteiger partial charge on any atom is 0.204 e. The highest BCUT2D eigenvalue weighted by molar-refractivity contribution is 7.12. The van der Waals surface area contributed by atoms with E-state index < -0.39 is 0 Å². The minimum Gasteiger partial charge on any atom is -0.496 e. The first-order chi connectivity index (χ1) is 9.69. The Labute approximate surface area is 124 Å². The van der Waals surface area contributed by atoms with E-state index in [0.717, 1.165) is 0 Å². The summed E-state index contributed by atoms with van der Waals surface area (Å²) in [4.78, 5) is 13.0. The standard InChI is InChI=1S/C14H11ClO4S/c1-17-8-4-13(20-7-8)14(16)9-5-11-12(6-10(9)15)19-3-2-18-11/h4-7H,2-3H2,1H3. The van der Waals surface area contributed by atoms with Crippen molar-refractivity contribution in [2.24, 2.45) is 0 Å². The molecule has 1 aromatic carbocycles. The number of halogens is 1. The number of rotatable bonds is 3. The number of ether oxygens (including phenoxy) is 3. The van der Waals surface area contributed by atoms with Crippen LogP contribution >= 0.6 is 22.9 Å². The summed E-state index contributed by atoms with van der Waals surface area (Å²) in [6, 6.07) is 4.94. The smallest absolute Gasteiger partial charge is 0.204 e. The van der Waals surface area contributed by atoms with Crippen molar-refractivity contribution in [3.05, 3.63) is 39.0 Å². The van der Waals surface area contributed by atoms with Gasteiger partial charge in [-0.1, -0.05) is 11.6 Å². The lowest BCUT2D eigenvalue weighted by molar-refractivity contribution is 0.104. The molecular weight excluding hydrogens is 300 g/mol. The van der Waals surface area contributed by atoms with Crippen LogP contribution in [0, 0.1) is 0 Å². The molecule has 0 atom stereocenters. The van der Waals surface area contributed by atoms with E-state index in [4.69, 9.17) is 25.8 Å². The van der Waals surface area contributed by atoms with Crippen LogP contribution in [0.5, 0.6) is 17.2 Å². The van der Waals surface area contributed by atoms with E-state index in [1.165, 1.54) is 11.3 Å². The predicted molar refractivity (Wildman–Crippen MR) is 76.7 cm³/mol. The van der Waals surface area contributed by atoms with Gasteiger partial charge in [-0.15, -0.1) is 11.3 Å². The van der Waals surface area contributed by atoms with Gasteiger partial charge in [0.05, 0.1) is 17.0 Å². The summed E-state index contributed by atoms with van der Waals surface area (Å²) in [5.41, 5.74) is 0.403. The summed E-state index contributed by atoms with van der Waals surface area (Å²) in [7, 11) is 1.56. The van der Waals surface area contributed by atoms with Gasteiger partial charge in [-0.2, -0.15) is 0 Å². The van der Waals surface area contributed by atoms with Gasteiger partial charge in [0.2, 0.25) is 5.78 Å². The SMILES string of the molecule is COc1csc(C(=O)c2cc3c(cc2Cl)OCCO3)c1. The fourth-order valence-corrected chi connectivity index (χ4v) is 2.96. The summed E-state index contributed by atoms with van der Waals surface area (Å²) >= 11 is 7.48. The van der Waals surface area contributed by atoms with Crippen LogP contribution in [0.15, 0.2) is 23.6 Å². The second kappa shape index (κ2) is 5.34. The van der Waals surface area contributed by atoms with E-state index >= 15 is 0 Å². The maximum atomic E-state index is 12.5. The Morgan fingerprint density at radius 2 is 1.95 bits per heavy atom. The number of ketones is 1. The lowest BCUT2D eigenvalue weighted by Crippen LogP contribution is -2.16. The Balaban J connectivity index is 1.98. The fourth-order valence-electron chi connectivity index (χ4n) is 1.92. The molecule has 3 rings (SSSR count). The summed E-state index contributed by atoms with van der Waals surface area (Å²) in [5.74, 6) is 1.63. The summed E-state index contributed by atoms with van der Waals surface area (Å²) in [5, 5.41) is 2.13. The molecule has 2 aromatic rings. The minimum atomic E-state index is -0.153. The number of hydrogen-bond acceptors (Lipinski definition) is 5. The van der Waals surface area contributed by atoms with E-state index in [9.17, 15) is 4.79 Å². The van der Waals surface area contributed by atoms with Crippen LogP contribution in [0.25, 0.3) is 0 Å². The highest BCUT2D eigenvalue weighted by atomic mass is 35.5. The van der Waals surface area contributed by atoms with Gasteiger partial charge in [-0.05, 0) is 6.07 Å². The molecule has 0 spiro atoms. The number of benzene rings is 1. The molecule has 0 saturated heterocycles. The molecule has 0 radical (unpaired) electrons. The van der Waals surface area contributed by atoms with Crippen molar-refractivity contribution in [2.75, 3.05) is 20.3 Å². The highest BCUT2D eigenvalue weighted by Crippen LogP contribution is 2.37. The quantitative estimate of drug-likeness (QED) is 0.815. The average Bonchev–Trinajstić information content (AvgIpc) is 2.94. The third-order valence-corrected chi connectivity index (χ3v) is 4.13. The molecule has 0 fully saturated rings. The number of hydrogen-bond donors (Lipinski definition) is 0. The number of fused-ring (bicyclic) bond motifs is 1. The Morgan fingerprint density at radius 1 is 1.25 bits per heavy atom. The maximum absolute atomic E-state index is 12.5. The number of methoxy groups -OCH3 is 1. The van der Waals surface area contributed by atoms with Crippen molar-refractivity contribution in [1.82, 2.24) is 0 Å². The van der Waals surface area contributed by atoms with Gasteiger partial charge in [-0.3, -0.25) is 4.79 Å². The molecular formula is C14H11ClO4S. The van der Waals surface area contributed by atoms with E-state index in [1.807, 2.05) is 0 Å². The predicted octanol–water partition coefficient (Wildman–Crippen LogP) is 3.41. The van der Waals surface area contributed by atoms with Crippen molar-refractivity contribution in [2.45, 2.75) is 0 Å². The fraction of sp³-hybridized carbons (Fsp3) is 0.214. The second-order valence-corrected chi connectivity index (χ2v) is 5.47. The molecule has 0 aliphatic carbocycles. The Kier molecular flexibility index (Phi) is 3.54. The third kappa shape index (κ3) is 2.34. The van der Waals surface area contributed by atoms with E-state index in [0.29, 0.717) is 45.9 Å². The van der Waals surface area contributed by atoms with Crippen LogP contribution in [0.3, 0.4) is 0 Å². The highest BCUT2D eigenvalue weighted by Gasteiger charge is 2.21. The van der Waals surface area contributed by atoms with Gasteiger partial charge in [0.25, 0.3) is 0 Å².